The van der Waals surface area contributed by atoms with Crippen molar-refractivity contribution in [2.75, 3.05) is 4.90 Å². The van der Waals surface area contributed by atoms with Crippen LogP contribution in [-0.4, -0.2) is 37.8 Å². The molecule has 1 atom stereocenters. The first-order chi connectivity index (χ1) is 15.2. The number of aromatic carboxylic acids is 1. The Bertz CT molecular complexity index is 1290. The smallest absolute Gasteiger partial charge is 0.335 e. The molecule has 0 fully saturated rings. The fraction of sp³-hybridized carbons (Fsp3) is 0.250. The lowest BCUT2D eigenvalue weighted by atomic mass is 9.91. The number of benzene rings is 2. The SMILES string of the molecule is Cc1cccc(C2C(C(=O)CC(C)C)=C(O)C(=O)N2c2nc3ccc(C(=O)O)cc3[nH]2)c1. The molecule has 1 aliphatic heterocycles. The lowest BCUT2D eigenvalue weighted by Crippen LogP contribution is -2.32. The molecule has 0 bridgehead atoms. The Kier molecular flexibility index (Phi) is 5.30. The highest BCUT2D eigenvalue weighted by atomic mass is 16.4. The lowest BCUT2D eigenvalue weighted by molar-refractivity contribution is -0.118. The Morgan fingerprint density at radius 2 is 1.94 bits per heavy atom. The standard InChI is InChI=1S/C24H23N3O5/c1-12(2)9-18(28)19-20(14-6-4-5-13(3)10-14)27(22(30)21(19)29)24-25-16-8-7-15(23(31)32)11-17(16)26-24/h4-8,10-12,20,29H,9H2,1-3H3,(H,25,26)(H,31,32). The van der Waals surface area contributed by atoms with Crippen LogP contribution in [-0.2, 0) is 9.59 Å². The van der Waals surface area contributed by atoms with Crippen LogP contribution in [0.2, 0.25) is 0 Å². The fourth-order valence-corrected chi connectivity index (χ4v) is 3.99. The number of carboxylic acids is 1. The quantitative estimate of drug-likeness (QED) is 0.538. The normalized spacial score (nSPS) is 16.4. The highest BCUT2D eigenvalue weighted by Gasteiger charge is 2.45. The molecule has 1 aliphatic rings. The van der Waals surface area contributed by atoms with Gasteiger partial charge < -0.3 is 15.2 Å². The highest BCUT2D eigenvalue weighted by Crippen LogP contribution is 2.41. The molecular formula is C24H23N3O5. The first kappa shape index (κ1) is 21.3. The number of aryl methyl sites for hydroxylation is 1. The molecule has 4 rings (SSSR count). The predicted octanol–water partition coefficient (Wildman–Crippen LogP) is 4.08. The minimum Gasteiger partial charge on any atom is -0.503 e. The Balaban J connectivity index is 1.87. The fourth-order valence-electron chi connectivity index (χ4n) is 3.99. The summed E-state index contributed by atoms with van der Waals surface area (Å²) in [7, 11) is 0. The number of carbonyl (C=O) groups is 3. The number of hydrogen-bond donors (Lipinski definition) is 3. The Hall–Kier alpha value is -3.94. The summed E-state index contributed by atoms with van der Waals surface area (Å²) in [6, 6.07) is 10.9. The maximum absolute atomic E-state index is 13.1. The van der Waals surface area contributed by atoms with Gasteiger partial charge in [0.25, 0.3) is 5.91 Å². The summed E-state index contributed by atoms with van der Waals surface area (Å²) in [5, 5.41) is 20.0. The van der Waals surface area contributed by atoms with E-state index in [1.54, 1.807) is 12.1 Å². The van der Waals surface area contributed by atoms with E-state index in [4.69, 9.17) is 0 Å². The molecule has 3 N–H and O–H groups in total. The van der Waals surface area contributed by atoms with E-state index < -0.39 is 23.7 Å². The molecule has 1 unspecified atom stereocenters. The topological polar surface area (TPSA) is 124 Å². The summed E-state index contributed by atoms with van der Waals surface area (Å²) in [6.45, 7) is 5.69. The highest BCUT2D eigenvalue weighted by molar-refractivity contribution is 6.16. The van der Waals surface area contributed by atoms with Crippen LogP contribution >= 0.6 is 0 Å². The van der Waals surface area contributed by atoms with Crippen molar-refractivity contribution in [1.29, 1.82) is 0 Å². The van der Waals surface area contributed by atoms with Gasteiger partial charge >= 0.3 is 5.97 Å². The van der Waals surface area contributed by atoms with Crippen molar-refractivity contribution in [3.8, 4) is 0 Å². The first-order valence-electron chi connectivity index (χ1n) is 10.3. The third-order valence-electron chi connectivity index (χ3n) is 5.40. The Morgan fingerprint density at radius 3 is 2.59 bits per heavy atom. The molecule has 2 aromatic carbocycles. The van der Waals surface area contributed by atoms with Crippen LogP contribution in [0.1, 0.15) is 47.8 Å². The monoisotopic (exact) mass is 433 g/mol. The number of anilines is 1. The number of fused-ring (bicyclic) bond motifs is 1. The number of ketones is 1. The van der Waals surface area contributed by atoms with E-state index in [9.17, 15) is 24.6 Å². The zero-order valence-electron chi connectivity index (χ0n) is 17.9. The van der Waals surface area contributed by atoms with Crippen LogP contribution in [0.4, 0.5) is 5.95 Å². The van der Waals surface area contributed by atoms with E-state index in [1.165, 1.54) is 17.0 Å². The summed E-state index contributed by atoms with van der Waals surface area (Å²) in [5.74, 6) is -2.54. The van der Waals surface area contributed by atoms with Crippen molar-refractivity contribution in [3.63, 3.8) is 0 Å². The zero-order chi connectivity index (χ0) is 23.2. The molecule has 0 radical (unpaired) electrons. The van der Waals surface area contributed by atoms with Crippen LogP contribution in [0, 0.1) is 12.8 Å². The van der Waals surface area contributed by atoms with Crippen molar-refractivity contribution in [2.24, 2.45) is 5.92 Å². The summed E-state index contributed by atoms with van der Waals surface area (Å²) >= 11 is 0. The average Bonchev–Trinajstić information content (AvgIpc) is 3.25. The van der Waals surface area contributed by atoms with Gasteiger partial charge in [0, 0.05) is 6.42 Å². The van der Waals surface area contributed by atoms with Gasteiger partial charge in [0.05, 0.1) is 28.2 Å². The molecular weight excluding hydrogens is 410 g/mol. The third kappa shape index (κ3) is 3.64. The second kappa shape index (κ2) is 7.96. The summed E-state index contributed by atoms with van der Waals surface area (Å²) in [6.07, 6.45) is 0.185. The maximum atomic E-state index is 13.1. The predicted molar refractivity (Wildman–Crippen MR) is 119 cm³/mol. The molecule has 32 heavy (non-hydrogen) atoms. The van der Waals surface area contributed by atoms with Crippen molar-refractivity contribution < 1.29 is 24.6 Å². The Labute approximate surface area is 184 Å². The average molecular weight is 433 g/mol. The number of nitrogens with zero attached hydrogens (tertiary/aromatic N) is 2. The minimum atomic E-state index is -1.08. The second-order valence-electron chi connectivity index (χ2n) is 8.37. The molecule has 8 heteroatoms. The second-order valence-corrected chi connectivity index (χ2v) is 8.37. The molecule has 0 saturated heterocycles. The van der Waals surface area contributed by atoms with E-state index in [0.717, 1.165) is 5.56 Å². The van der Waals surface area contributed by atoms with Gasteiger partial charge in [-0.1, -0.05) is 43.7 Å². The number of aliphatic hydroxyl groups is 1. The number of aromatic amines is 1. The van der Waals surface area contributed by atoms with Crippen LogP contribution in [0.3, 0.4) is 0 Å². The third-order valence-corrected chi connectivity index (χ3v) is 5.40. The number of rotatable bonds is 6. The van der Waals surface area contributed by atoms with Crippen molar-refractivity contribution in [2.45, 2.75) is 33.2 Å². The van der Waals surface area contributed by atoms with Gasteiger partial charge in [0.2, 0.25) is 5.95 Å². The van der Waals surface area contributed by atoms with E-state index in [0.29, 0.717) is 16.6 Å². The molecule has 0 spiro atoms. The van der Waals surface area contributed by atoms with Crippen LogP contribution < -0.4 is 4.90 Å². The molecule has 164 valence electrons. The minimum absolute atomic E-state index is 0.0426. The van der Waals surface area contributed by atoms with Crippen LogP contribution in [0.15, 0.2) is 53.8 Å². The van der Waals surface area contributed by atoms with Gasteiger partial charge in [-0.05, 0) is 36.6 Å². The van der Waals surface area contributed by atoms with E-state index >= 15 is 0 Å². The summed E-state index contributed by atoms with van der Waals surface area (Å²) < 4.78 is 0. The number of aliphatic hydroxyl groups excluding tert-OH is 1. The first-order valence-corrected chi connectivity index (χ1v) is 10.3. The van der Waals surface area contributed by atoms with Crippen LogP contribution in [0.5, 0.6) is 0 Å². The largest absolute Gasteiger partial charge is 0.503 e. The van der Waals surface area contributed by atoms with Gasteiger partial charge in [0.1, 0.15) is 0 Å². The summed E-state index contributed by atoms with van der Waals surface area (Å²) in [4.78, 5) is 46.2. The number of carboxylic acid groups (broad SMARTS) is 1. The lowest BCUT2D eigenvalue weighted by Gasteiger charge is -2.25. The molecule has 3 aromatic rings. The number of hydrogen-bond acceptors (Lipinski definition) is 5. The number of amides is 1. The van der Waals surface area contributed by atoms with Crippen LogP contribution in [0.25, 0.3) is 11.0 Å². The number of Topliss-reactive ketones (excluding diaryl/α,β-unsaturated/α-hetero) is 1. The number of H-pyrrole nitrogens is 1. The zero-order valence-corrected chi connectivity index (χ0v) is 17.9. The maximum Gasteiger partial charge on any atom is 0.335 e. The summed E-state index contributed by atoms with van der Waals surface area (Å²) in [5.41, 5.74) is 2.61. The molecule has 8 nitrogen and oxygen atoms in total. The van der Waals surface area contributed by atoms with Gasteiger partial charge in [-0.15, -0.1) is 0 Å². The Morgan fingerprint density at radius 1 is 1.19 bits per heavy atom. The van der Waals surface area contributed by atoms with E-state index in [-0.39, 0.29) is 35.2 Å². The van der Waals surface area contributed by atoms with Gasteiger partial charge in [0.15, 0.2) is 11.5 Å². The number of nitrogens with one attached hydrogen (secondary N) is 1. The molecule has 0 aliphatic carbocycles. The molecule has 0 saturated carbocycles. The number of aromatic nitrogens is 2. The van der Waals surface area contributed by atoms with Crippen molar-refractivity contribution >= 4 is 34.6 Å². The van der Waals surface area contributed by atoms with Crippen molar-refractivity contribution in [3.05, 3.63) is 70.5 Å². The number of carbonyl (C=O) groups excluding carboxylic acids is 2. The van der Waals surface area contributed by atoms with Gasteiger partial charge in [-0.3, -0.25) is 14.5 Å². The molecule has 1 amide bonds. The molecule has 2 heterocycles. The molecule has 1 aromatic heterocycles. The van der Waals surface area contributed by atoms with Gasteiger partial charge in [-0.2, -0.15) is 0 Å². The van der Waals surface area contributed by atoms with Crippen molar-refractivity contribution in [1.82, 2.24) is 9.97 Å². The number of imidazole rings is 1. The van der Waals surface area contributed by atoms with Gasteiger partial charge in [-0.25, -0.2) is 9.78 Å². The van der Waals surface area contributed by atoms with E-state index in [2.05, 4.69) is 9.97 Å². The van der Waals surface area contributed by atoms with E-state index in [1.807, 2.05) is 39.0 Å².